The largest absolute Gasteiger partial charge is 0.497 e. The second kappa shape index (κ2) is 6.42. The van der Waals surface area contributed by atoms with Crippen LogP contribution in [0.4, 0.5) is 10.1 Å². The van der Waals surface area contributed by atoms with Crippen molar-refractivity contribution in [1.82, 2.24) is 0 Å². The number of nitrogens with one attached hydrogen (secondary N) is 1. The van der Waals surface area contributed by atoms with Crippen LogP contribution < -0.4 is 10.1 Å². The number of aryl methyl sites for hydroxylation is 1. The molecule has 3 heteroatoms. The van der Waals surface area contributed by atoms with E-state index < -0.39 is 0 Å². The van der Waals surface area contributed by atoms with Gasteiger partial charge >= 0.3 is 0 Å². The average Bonchev–Trinajstić information content (AvgIpc) is 2.44. The quantitative estimate of drug-likeness (QED) is 0.882. The Bertz CT molecular complexity index is 566. The Labute approximate surface area is 119 Å². The number of ether oxygens (including phenoxy) is 1. The van der Waals surface area contributed by atoms with Gasteiger partial charge in [0, 0.05) is 11.7 Å². The molecule has 0 radical (unpaired) electrons. The van der Waals surface area contributed by atoms with Gasteiger partial charge < -0.3 is 10.1 Å². The standard InChI is InChI=1S/C17H20FNO/c1-12-4-7-15(11-17(12)18)19-13(2)10-14-5-8-16(20-3)9-6-14/h4-9,11,13,19H,10H2,1-3H3. The SMILES string of the molecule is COc1ccc(CC(C)Nc2ccc(C)c(F)c2)cc1. The van der Waals surface area contributed by atoms with Crippen LogP contribution in [0, 0.1) is 12.7 Å². The fourth-order valence-electron chi connectivity index (χ4n) is 2.13. The first-order valence-electron chi connectivity index (χ1n) is 6.74. The van der Waals surface area contributed by atoms with E-state index in [9.17, 15) is 4.39 Å². The van der Waals surface area contributed by atoms with Crippen molar-refractivity contribution < 1.29 is 9.13 Å². The molecule has 0 heterocycles. The van der Waals surface area contributed by atoms with Gasteiger partial charge in [-0.25, -0.2) is 4.39 Å². The van der Waals surface area contributed by atoms with Crippen molar-refractivity contribution in [1.29, 1.82) is 0 Å². The molecule has 0 aliphatic rings. The van der Waals surface area contributed by atoms with Crippen molar-refractivity contribution in [3.63, 3.8) is 0 Å². The van der Waals surface area contributed by atoms with Crippen molar-refractivity contribution in [3.8, 4) is 5.75 Å². The Hall–Kier alpha value is -2.03. The van der Waals surface area contributed by atoms with Gasteiger partial charge in [0.15, 0.2) is 0 Å². The number of methoxy groups -OCH3 is 1. The first kappa shape index (κ1) is 14.4. The molecule has 0 amide bonds. The Morgan fingerprint density at radius 1 is 1.15 bits per heavy atom. The Morgan fingerprint density at radius 2 is 1.85 bits per heavy atom. The maximum atomic E-state index is 13.5. The summed E-state index contributed by atoms with van der Waals surface area (Å²) in [6, 6.07) is 13.5. The molecule has 0 aliphatic carbocycles. The topological polar surface area (TPSA) is 21.3 Å². The van der Waals surface area contributed by atoms with Crippen LogP contribution in [-0.2, 0) is 6.42 Å². The summed E-state index contributed by atoms with van der Waals surface area (Å²) >= 11 is 0. The fourth-order valence-corrected chi connectivity index (χ4v) is 2.13. The van der Waals surface area contributed by atoms with Crippen LogP contribution in [0.15, 0.2) is 42.5 Å². The van der Waals surface area contributed by atoms with Crippen LogP contribution in [0.3, 0.4) is 0 Å². The number of rotatable bonds is 5. The molecule has 1 N–H and O–H groups in total. The average molecular weight is 273 g/mol. The number of benzene rings is 2. The molecule has 0 aromatic heterocycles. The normalized spacial score (nSPS) is 12.0. The van der Waals surface area contributed by atoms with Crippen molar-refractivity contribution in [2.75, 3.05) is 12.4 Å². The van der Waals surface area contributed by atoms with Gasteiger partial charge in [-0.2, -0.15) is 0 Å². The lowest BCUT2D eigenvalue weighted by Gasteiger charge is -2.16. The smallest absolute Gasteiger partial charge is 0.128 e. The minimum atomic E-state index is -0.174. The molecule has 106 valence electrons. The van der Waals surface area contributed by atoms with Gasteiger partial charge in [-0.15, -0.1) is 0 Å². The molecule has 0 saturated heterocycles. The summed E-state index contributed by atoms with van der Waals surface area (Å²) in [6.45, 7) is 3.85. The number of hydrogen-bond acceptors (Lipinski definition) is 2. The van der Waals surface area contributed by atoms with E-state index in [0.717, 1.165) is 17.9 Å². The number of hydrogen-bond donors (Lipinski definition) is 1. The van der Waals surface area contributed by atoms with Crippen molar-refractivity contribution in [3.05, 3.63) is 59.4 Å². The van der Waals surface area contributed by atoms with Crippen LogP contribution in [0.5, 0.6) is 5.75 Å². The highest BCUT2D eigenvalue weighted by Gasteiger charge is 2.05. The van der Waals surface area contributed by atoms with Crippen LogP contribution in [0.25, 0.3) is 0 Å². The molecule has 0 bridgehead atoms. The van der Waals surface area contributed by atoms with Gasteiger partial charge in [0.2, 0.25) is 0 Å². The zero-order valence-corrected chi connectivity index (χ0v) is 12.1. The zero-order valence-electron chi connectivity index (χ0n) is 12.1. The van der Waals surface area contributed by atoms with E-state index in [1.54, 1.807) is 26.2 Å². The Morgan fingerprint density at radius 3 is 2.45 bits per heavy atom. The van der Waals surface area contributed by atoms with E-state index in [1.165, 1.54) is 5.56 Å². The molecule has 1 atom stereocenters. The van der Waals surface area contributed by atoms with E-state index in [4.69, 9.17) is 4.74 Å². The summed E-state index contributed by atoms with van der Waals surface area (Å²) in [6.07, 6.45) is 0.874. The first-order valence-corrected chi connectivity index (χ1v) is 6.74. The van der Waals surface area contributed by atoms with E-state index in [1.807, 2.05) is 30.3 Å². The first-order chi connectivity index (χ1) is 9.58. The van der Waals surface area contributed by atoms with Crippen LogP contribution in [0.2, 0.25) is 0 Å². The van der Waals surface area contributed by atoms with Crippen LogP contribution in [0.1, 0.15) is 18.1 Å². The summed E-state index contributed by atoms with van der Waals surface area (Å²) in [5.41, 5.74) is 2.70. The predicted molar refractivity (Wildman–Crippen MR) is 80.9 cm³/mol. The highest BCUT2D eigenvalue weighted by molar-refractivity contribution is 5.46. The lowest BCUT2D eigenvalue weighted by Crippen LogP contribution is -2.18. The molecule has 2 aromatic rings. The van der Waals surface area contributed by atoms with Gasteiger partial charge in [0.05, 0.1) is 7.11 Å². The van der Waals surface area contributed by atoms with E-state index >= 15 is 0 Å². The fraction of sp³-hybridized carbons (Fsp3) is 0.294. The Balaban J connectivity index is 1.97. The molecule has 0 fully saturated rings. The maximum absolute atomic E-state index is 13.5. The number of halogens is 1. The summed E-state index contributed by atoms with van der Waals surface area (Å²) in [7, 11) is 1.66. The molecule has 0 spiro atoms. The second-order valence-electron chi connectivity index (χ2n) is 5.06. The number of anilines is 1. The van der Waals surface area contributed by atoms with Crippen LogP contribution in [-0.4, -0.2) is 13.2 Å². The lowest BCUT2D eigenvalue weighted by atomic mass is 10.1. The molecule has 20 heavy (non-hydrogen) atoms. The highest BCUT2D eigenvalue weighted by atomic mass is 19.1. The molecule has 2 aromatic carbocycles. The predicted octanol–water partition coefficient (Wildman–Crippen LogP) is 4.19. The lowest BCUT2D eigenvalue weighted by molar-refractivity contribution is 0.414. The van der Waals surface area contributed by atoms with Gasteiger partial charge in [-0.05, 0) is 55.7 Å². The van der Waals surface area contributed by atoms with E-state index in [-0.39, 0.29) is 11.9 Å². The highest BCUT2D eigenvalue weighted by Crippen LogP contribution is 2.17. The summed E-state index contributed by atoms with van der Waals surface area (Å²) in [5, 5.41) is 3.32. The third kappa shape index (κ3) is 3.73. The van der Waals surface area contributed by atoms with Crippen molar-refractivity contribution in [2.45, 2.75) is 26.3 Å². The van der Waals surface area contributed by atoms with Gasteiger partial charge in [-0.3, -0.25) is 0 Å². The van der Waals surface area contributed by atoms with Gasteiger partial charge in [0.25, 0.3) is 0 Å². The monoisotopic (exact) mass is 273 g/mol. The third-order valence-electron chi connectivity index (χ3n) is 3.29. The summed E-state index contributed by atoms with van der Waals surface area (Å²) < 4.78 is 18.6. The van der Waals surface area contributed by atoms with E-state index in [0.29, 0.717) is 5.56 Å². The molecular formula is C17H20FNO. The molecule has 2 nitrogen and oxygen atoms in total. The van der Waals surface area contributed by atoms with Crippen molar-refractivity contribution >= 4 is 5.69 Å². The maximum Gasteiger partial charge on any atom is 0.128 e. The summed E-state index contributed by atoms with van der Waals surface area (Å²) in [5.74, 6) is 0.682. The molecule has 0 saturated carbocycles. The van der Waals surface area contributed by atoms with Crippen LogP contribution >= 0.6 is 0 Å². The minimum absolute atomic E-state index is 0.174. The molecular weight excluding hydrogens is 253 g/mol. The van der Waals surface area contributed by atoms with Gasteiger partial charge in [0.1, 0.15) is 11.6 Å². The third-order valence-corrected chi connectivity index (χ3v) is 3.29. The minimum Gasteiger partial charge on any atom is -0.497 e. The van der Waals surface area contributed by atoms with Crippen molar-refractivity contribution in [2.24, 2.45) is 0 Å². The zero-order chi connectivity index (χ0) is 14.5. The summed E-state index contributed by atoms with van der Waals surface area (Å²) in [4.78, 5) is 0. The van der Waals surface area contributed by atoms with E-state index in [2.05, 4.69) is 12.2 Å². The van der Waals surface area contributed by atoms with Gasteiger partial charge in [-0.1, -0.05) is 18.2 Å². The molecule has 0 aliphatic heterocycles. The molecule has 1 unspecified atom stereocenters. The second-order valence-corrected chi connectivity index (χ2v) is 5.06. The molecule has 2 rings (SSSR count). The Kier molecular flexibility index (Phi) is 4.61.